The number of carbonyl (C=O) groups is 4. The van der Waals surface area contributed by atoms with Crippen molar-refractivity contribution in [2.45, 2.75) is 97.4 Å². The third kappa shape index (κ3) is 10.5. The topological polar surface area (TPSA) is 116 Å². The molecule has 2 rings (SSSR count). The molecule has 0 saturated heterocycles. The highest BCUT2D eigenvalue weighted by Gasteiger charge is 2.44. The van der Waals surface area contributed by atoms with Crippen LogP contribution in [0.3, 0.4) is 0 Å². The summed E-state index contributed by atoms with van der Waals surface area (Å²) in [6.45, 7) is 14.4. The lowest BCUT2D eigenvalue weighted by Crippen LogP contribution is -2.61. The number of carboxylic acid groups (broad SMARTS) is 1. The number of hydrogen-bond acceptors (Lipinski definition) is 5. The summed E-state index contributed by atoms with van der Waals surface area (Å²) >= 11 is 0. The van der Waals surface area contributed by atoms with Gasteiger partial charge in [0.1, 0.15) is 17.7 Å². The summed E-state index contributed by atoms with van der Waals surface area (Å²) in [6.07, 6.45) is 1.71. The normalized spacial score (nSPS) is 14.2. The summed E-state index contributed by atoms with van der Waals surface area (Å²) in [5.41, 5.74) is 0.299. The van der Waals surface area contributed by atoms with Crippen LogP contribution in [0.25, 0.3) is 0 Å². The predicted octanol–water partition coefficient (Wildman–Crippen LogP) is 5.83. The third-order valence-corrected chi connectivity index (χ3v) is 7.93. The third-order valence-electron chi connectivity index (χ3n) is 7.93. The molecule has 0 heterocycles. The van der Waals surface area contributed by atoms with Crippen LogP contribution in [0.15, 0.2) is 72.3 Å². The molecule has 2 aromatic carbocycles. The second-order valence-electron chi connectivity index (χ2n) is 13.5. The van der Waals surface area contributed by atoms with E-state index >= 15 is 0 Å². The first-order valence-corrected chi connectivity index (χ1v) is 15.4. The number of aliphatic carboxylic acids is 1. The van der Waals surface area contributed by atoms with Crippen LogP contribution in [0.5, 0.6) is 0 Å². The monoisotopic (exact) mass is 621 g/mol. The number of ether oxygens (including phenoxy) is 1. The van der Waals surface area contributed by atoms with E-state index in [0.717, 1.165) is 11.1 Å². The zero-order valence-electron chi connectivity index (χ0n) is 28.5. The van der Waals surface area contributed by atoms with Gasteiger partial charge in [-0.2, -0.15) is 0 Å². The number of likely N-dealkylation sites (N-methyl/N-ethyl adjacent to an activating group) is 2. The minimum Gasteiger partial charge on any atom is -0.478 e. The molecule has 2 N–H and O–H groups in total. The highest BCUT2D eigenvalue weighted by atomic mass is 16.6. The number of rotatable bonds is 13. The summed E-state index contributed by atoms with van der Waals surface area (Å²) in [4.78, 5) is 56.3. The maximum atomic E-state index is 14.4. The molecule has 3 amide bonds. The van der Waals surface area contributed by atoms with Crippen LogP contribution in [0.4, 0.5) is 4.79 Å². The van der Waals surface area contributed by atoms with E-state index in [1.165, 1.54) is 23.8 Å². The van der Waals surface area contributed by atoms with Crippen molar-refractivity contribution in [2.24, 2.45) is 5.92 Å². The van der Waals surface area contributed by atoms with E-state index in [2.05, 4.69) is 5.32 Å². The number of nitrogens with one attached hydrogen (secondary N) is 1. The van der Waals surface area contributed by atoms with Crippen molar-refractivity contribution in [3.05, 3.63) is 83.4 Å². The van der Waals surface area contributed by atoms with Gasteiger partial charge in [0.2, 0.25) is 11.8 Å². The second kappa shape index (κ2) is 15.7. The summed E-state index contributed by atoms with van der Waals surface area (Å²) in [7, 11) is 3.16. The van der Waals surface area contributed by atoms with Gasteiger partial charge in [0.25, 0.3) is 0 Å². The lowest BCUT2D eigenvalue weighted by molar-refractivity contribution is -0.139. The minimum atomic E-state index is -1.06. The molecule has 2 aromatic rings. The number of benzene rings is 2. The molecule has 0 bridgehead atoms. The van der Waals surface area contributed by atoms with E-state index < -0.39 is 47.1 Å². The Morgan fingerprint density at radius 3 is 1.91 bits per heavy atom. The zero-order chi connectivity index (χ0) is 34.1. The van der Waals surface area contributed by atoms with Gasteiger partial charge < -0.3 is 20.1 Å². The summed E-state index contributed by atoms with van der Waals surface area (Å²) < 4.78 is 5.65. The average molecular weight is 622 g/mol. The molecule has 9 heteroatoms. The first-order chi connectivity index (χ1) is 20.9. The maximum Gasteiger partial charge on any atom is 0.410 e. The van der Waals surface area contributed by atoms with Crippen LogP contribution in [-0.2, 0) is 31.0 Å². The van der Waals surface area contributed by atoms with Gasteiger partial charge in [-0.1, -0.05) is 94.4 Å². The Hall–Kier alpha value is -4.14. The van der Waals surface area contributed by atoms with E-state index in [0.29, 0.717) is 12.8 Å². The maximum absolute atomic E-state index is 14.4. The standard InChI is InChI=1S/C36H51N3O6/c1-24(2)29(23-25(3)33(42)43)38(9)32(41)28(22-21-26-17-13-11-14-18-26)37-31(40)30(39(10)34(44)45-35(4,5)6)36(7,8)27-19-15-12-16-20-27/h11-20,23-24,28-30H,21-22H2,1-10H3,(H,37,40)(H,42,43)/t28-,29+,30+/m0/s1. The molecule has 0 aliphatic heterocycles. The van der Waals surface area contributed by atoms with Crippen molar-refractivity contribution in [1.82, 2.24) is 15.1 Å². The Morgan fingerprint density at radius 2 is 1.42 bits per heavy atom. The predicted molar refractivity (Wildman–Crippen MR) is 177 cm³/mol. The number of aryl methyl sites for hydroxylation is 1. The van der Waals surface area contributed by atoms with Gasteiger partial charge in [-0.05, 0) is 57.6 Å². The minimum absolute atomic E-state index is 0.0956. The van der Waals surface area contributed by atoms with Crippen LogP contribution in [0.1, 0.15) is 72.9 Å². The fourth-order valence-corrected chi connectivity index (χ4v) is 5.39. The first-order valence-electron chi connectivity index (χ1n) is 15.4. The highest BCUT2D eigenvalue weighted by Crippen LogP contribution is 2.31. The highest BCUT2D eigenvalue weighted by molar-refractivity contribution is 5.92. The van der Waals surface area contributed by atoms with Gasteiger partial charge in [0.05, 0.1) is 6.04 Å². The van der Waals surface area contributed by atoms with Gasteiger partial charge in [0, 0.05) is 25.1 Å². The van der Waals surface area contributed by atoms with Crippen LogP contribution < -0.4 is 5.32 Å². The van der Waals surface area contributed by atoms with Crippen molar-refractivity contribution < 1.29 is 29.0 Å². The molecular formula is C36H51N3O6. The SMILES string of the molecule is CC(=C[C@H](C(C)C)N(C)C(=O)[C@H](CCc1ccccc1)NC(=O)[C@@H](N(C)C(=O)OC(C)(C)C)C(C)(C)c1ccccc1)C(=O)O. The Kier molecular flexibility index (Phi) is 13.0. The van der Waals surface area contributed by atoms with Gasteiger partial charge in [-0.25, -0.2) is 9.59 Å². The number of carboxylic acids is 1. The lowest BCUT2D eigenvalue weighted by atomic mass is 9.76. The molecule has 0 aliphatic carbocycles. The molecule has 0 unspecified atom stereocenters. The molecule has 9 nitrogen and oxygen atoms in total. The Balaban J connectivity index is 2.56. The summed E-state index contributed by atoms with van der Waals surface area (Å²) in [5.74, 6) is -2.02. The molecule has 0 saturated carbocycles. The second-order valence-corrected chi connectivity index (χ2v) is 13.5. The molecule has 0 radical (unpaired) electrons. The molecule has 0 fully saturated rings. The number of nitrogens with zero attached hydrogens (tertiary/aromatic N) is 2. The van der Waals surface area contributed by atoms with Crippen LogP contribution >= 0.6 is 0 Å². The molecule has 45 heavy (non-hydrogen) atoms. The van der Waals surface area contributed by atoms with Crippen LogP contribution in [0.2, 0.25) is 0 Å². The van der Waals surface area contributed by atoms with Gasteiger partial charge in [0.15, 0.2) is 0 Å². The molecular weight excluding hydrogens is 570 g/mol. The number of hydrogen-bond donors (Lipinski definition) is 2. The van der Waals surface area contributed by atoms with E-state index in [1.807, 2.05) is 88.4 Å². The smallest absolute Gasteiger partial charge is 0.410 e. The van der Waals surface area contributed by atoms with Crippen molar-refractivity contribution in [3.63, 3.8) is 0 Å². The molecule has 3 atom stereocenters. The Morgan fingerprint density at radius 1 is 0.889 bits per heavy atom. The zero-order valence-corrected chi connectivity index (χ0v) is 28.5. The lowest BCUT2D eigenvalue weighted by Gasteiger charge is -2.41. The van der Waals surface area contributed by atoms with E-state index in [4.69, 9.17) is 4.74 Å². The van der Waals surface area contributed by atoms with Gasteiger partial charge in [-0.3, -0.25) is 14.5 Å². The van der Waals surface area contributed by atoms with E-state index in [1.54, 1.807) is 33.9 Å². The Bertz CT molecular complexity index is 1330. The van der Waals surface area contributed by atoms with Crippen molar-refractivity contribution >= 4 is 23.9 Å². The summed E-state index contributed by atoms with van der Waals surface area (Å²) in [5, 5.41) is 12.5. The van der Waals surface area contributed by atoms with Crippen molar-refractivity contribution in [3.8, 4) is 0 Å². The number of amides is 3. The average Bonchev–Trinajstić information content (AvgIpc) is 2.96. The van der Waals surface area contributed by atoms with Crippen molar-refractivity contribution in [1.29, 1.82) is 0 Å². The fourth-order valence-electron chi connectivity index (χ4n) is 5.39. The van der Waals surface area contributed by atoms with E-state index in [9.17, 15) is 24.3 Å². The molecule has 0 aliphatic rings. The first kappa shape index (κ1) is 37.0. The molecule has 0 spiro atoms. The van der Waals surface area contributed by atoms with Gasteiger partial charge >= 0.3 is 12.1 Å². The number of carbonyl (C=O) groups excluding carboxylic acids is 3. The Labute approximate surface area is 268 Å². The quantitative estimate of drug-likeness (QED) is 0.272. The largest absolute Gasteiger partial charge is 0.478 e. The van der Waals surface area contributed by atoms with Gasteiger partial charge in [-0.15, -0.1) is 0 Å². The summed E-state index contributed by atoms with van der Waals surface area (Å²) in [6, 6.07) is 16.6. The van der Waals surface area contributed by atoms with Crippen LogP contribution in [0, 0.1) is 5.92 Å². The van der Waals surface area contributed by atoms with Crippen LogP contribution in [-0.4, -0.2) is 76.6 Å². The van der Waals surface area contributed by atoms with Crippen molar-refractivity contribution in [2.75, 3.05) is 14.1 Å². The fraction of sp³-hybridized carbons (Fsp3) is 0.500. The van der Waals surface area contributed by atoms with E-state index in [-0.39, 0.29) is 17.4 Å². The molecule has 246 valence electrons. The molecule has 0 aromatic heterocycles.